The van der Waals surface area contributed by atoms with Gasteiger partial charge < -0.3 is 25.5 Å². The van der Waals surface area contributed by atoms with Gasteiger partial charge in [-0.2, -0.15) is 0 Å². The first-order valence-corrected chi connectivity index (χ1v) is 10.5. The molecule has 0 spiro atoms. The number of hydrogen-bond acceptors (Lipinski definition) is 5. The minimum Gasteiger partial charge on any atom is -0.380 e. The molecule has 2 aliphatic heterocycles. The van der Waals surface area contributed by atoms with Crippen LogP contribution >= 0.6 is 11.6 Å². The van der Waals surface area contributed by atoms with Crippen LogP contribution in [0.15, 0.2) is 42.5 Å². The molecule has 1 saturated heterocycles. The zero-order valence-corrected chi connectivity index (χ0v) is 17.2. The van der Waals surface area contributed by atoms with Crippen molar-refractivity contribution in [2.45, 2.75) is 24.6 Å². The Labute approximate surface area is 179 Å². The lowest BCUT2D eigenvalue weighted by molar-refractivity contribution is -0.143. The van der Waals surface area contributed by atoms with E-state index in [2.05, 4.69) is 10.6 Å². The van der Waals surface area contributed by atoms with Gasteiger partial charge in [0.15, 0.2) is 0 Å². The molecule has 0 bridgehead atoms. The second-order valence-electron chi connectivity index (χ2n) is 8.15. The molecule has 2 aromatic carbocycles. The highest BCUT2D eigenvalue weighted by molar-refractivity contribution is 6.31. The highest BCUT2D eigenvalue weighted by Gasteiger charge is 2.50. The summed E-state index contributed by atoms with van der Waals surface area (Å²) in [7, 11) is 0. The minimum atomic E-state index is -1.14. The van der Waals surface area contributed by atoms with Crippen LogP contribution in [0.25, 0.3) is 0 Å². The number of nitrogens with zero attached hydrogens (tertiary/aromatic N) is 2. The van der Waals surface area contributed by atoms with Crippen molar-refractivity contribution in [1.29, 1.82) is 0 Å². The third kappa shape index (κ3) is 3.48. The molecule has 3 N–H and O–H groups in total. The summed E-state index contributed by atoms with van der Waals surface area (Å²) in [4.78, 5) is 28.5. The topological polar surface area (TPSA) is 84.9 Å². The molecule has 7 nitrogen and oxygen atoms in total. The van der Waals surface area contributed by atoms with Crippen LogP contribution in [0, 0.1) is 0 Å². The number of halogens is 1. The van der Waals surface area contributed by atoms with Gasteiger partial charge in [-0.05, 0) is 48.7 Å². The molecule has 1 unspecified atom stereocenters. The maximum absolute atomic E-state index is 12.9. The van der Waals surface area contributed by atoms with Gasteiger partial charge in [-0.15, -0.1) is 0 Å². The van der Waals surface area contributed by atoms with Crippen molar-refractivity contribution in [3.8, 4) is 0 Å². The van der Waals surface area contributed by atoms with Crippen LogP contribution in [0.3, 0.4) is 0 Å². The summed E-state index contributed by atoms with van der Waals surface area (Å²) < 4.78 is 0. The van der Waals surface area contributed by atoms with Crippen LogP contribution in [0.1, 0.15) is 34.9 Å². The van der Waals surface area contributed by atoms with Gasteiger partial charge in [0.25, 0.3) is 11.8 Å². The first kappa shape index (κ1) is 19.2. The molecule has 2 fully saturated rings. The molecule has 3 aliphatic rings. The Balaban J connectivity index is 1.20. The summed E-state index contributed by atoms with van der Waals surface area (Å²) in [5, 5.41) is 17.5. The number of carbonyl (C=O) groups excluding carboxylic acids is 2. The maximum Gasteiger partial charge on any atom is 0.254 e. The van der Waals surface area contributed by atoms with Gasteiger partial charge in [0.1, 0.15) is 11.8 Å². The van der Waals surface area contributed by atoms with E-state index in [0.29, 0.717) is 49.6 Å². The maximum atomic E-state index is 12.9. The largest absolute Gasteiger partial charge is 0.380 e. The predicted octanol–water partition coefficient (Wildman–Crippen LogP) is 2.69. The molecule has 5 rings (SSSR count). The molecule has 0 radical (unpaired) electrons. The average Bonchev–Trinajstić information content (AvgIpc) is 3.38. The third-order valence-corrected chi connectivity index (χ3v) is 6.28. The summed E-state index contributed by atoms with van der Waals surface area (Å²) in [6.45, 7) is 1.87. The number of anilines is 2. The standard InChI is InChI=1S/C22H23ClN4O3/c23-16-5-6-17-18(13-16)25-19(24-17)14-1-3-15(4-2-14)20(28)26-9-11-27(12-10-26)21(29)22(30)7-8-22/h1-6,13,19,24-25,30H,7-12H2. The smallest absolute Gasteiger partial charge is 0.254 e. The van der Waals surface area contributed by atoms with E-state index >= 15 is 0 Å². The second-order valence-corrected chi connectivity index (χ2v) is 8.59. The fraction of sp³-hybridized carbons (Fsp3) is 0.364. The van der Waals surface area contributed by atoms with Gasteiger partial charge in [0, 0.05) is 36.8 Å². The third-order valence-electron chi connectivity index (χ3n) is 6.05. The van der Waals surface area contributed by atoms with Crippen molar-refractivity contribution in [1.82, 2.24) is 9.80 Å². The molecule has 2 heterocycles. The van der Waals surface area contributed by atoms with E-state index in [-0.39, 0.29) is 18.0 Å². The van der Waals surface area contributed by atoms with E-state index in [1.54, 1.807) is 9.80 Å². The van der Waals surface area contributed by atoms with Gasteiger partial charge in [0.2, 0.25) is 0 Å². The molecule has 8 heteroatoms. The Hall–Kier alpha value is -2.77. The minimum absolute atomic E-state index is 0.0406. The van der Waals surface area contributed by atoms with Gasteiger partial charge in [-0.25, -0.2) is 0 Å². The molecule has 1 saturated carbocycles. The number of carbonyl (C=O) groups is 2. The first-order valence-electron chi connectivity index (χ1n) is 10.2. The predicted molar refractivity (Wildman–Crippen MR) is 115 cm³/mol. The number of amides is 2. The van der Waals surface area contributed by atoms with E-state index in [9.17, 15) is 14.7 Å². The Kier molecular flexibility index (Phi) is 4.60. The fourth-order valence-electron chi connectivity index (χ4n) is 4.02. The van der Waals surface area contributed by atoms with Crippen molar-refractivity contribution in [2.24, 2.45) is 0 Å². The van der Waals surface area contributed by atoms with E-state index in [1.165, 1.54) is 0 Å². The Bertz CT molecular complexity index is 998. The monoisotopic (exact) mass is 426 g/mol. The number of hydrogen-bond donors (Lipinski definition) is 3. The first-order chi connectivity index (χ1) is 14.4. The van der Waals surface area contributed by atoms with E-state index < -0.39 is 5.60 Å². The van der Waals surface area contributed by atoms with Gasteiger partial charge in [-0.1, -0.05) is 23.7 Å². The number of benzene rings is 2. The van der Waals surface area contributed by atoms with Crippen molar-refractivity contribution < 1.29 is 14.7 Å². The molecule has 1 atom stereocenters. The molecular formula is C22H23ClN4O3. The highest BCUT2D eigenvalue weighted by Crippen LogP contribution is 2.38. The quantitative estimate of drug-likeness (QED) is 0.702. The van der Waals surface area contributed by atoms with E-state index in [0.717, 1.165) is 16.9 Å². The molecule has 30 heavy (non-hydrogen) atoms. The van der Waals surface area contributed by atoms with Crippen molar-refractivity contribution in [3.63, 3.8) is 0 Å². The summed E-state index contributed by atoms with van der Waals surface area (Å²) in [6.07, 6.45) is 1.01. The number of fused-ring (bicyclic) bond motifs is 1. The molecular weight excluding hydrogens is 404 g/mol. The van der Waals surface area contributed by atoms with Crippen LogP contribution in [0.2, 0.25) is 5.02 Å². The number of aliphatic hydroxyl groups is 1. The Morgan fingerprint density at radius 2 is 1.57 bits per heavy atom. The Morgan fingerprint density at radius 1 is 0.933 bits per heavy atom. The number of nitrogens with one attached hydrogen (secondary N) is 2. The van der Waals surface area contributed by atoms with Gasteiger partial charge in [0.05, 0.1) is 11.4 Å². The normalized spacial score (nSPS) is 21.5. The lowest BCUT2D eigenvalue weighted by Gasteiger charge is -2.35. The second kappa shape index (κ2) is 7.18. The SMILES string of the molecule is O=C(c1ccc(C2Nc3ccc(Cl)cc3N2)cc1)N1CCN(C(=O)C2(O)CC2)CC1. The summed E-state index contributed by atoms with van der Waals surface area (Å²) >= 11 is 6.05. The molecule has 0 aromatic heterocycles. The van der Waals surface area contributed by atoms with Gasteiger partial charge >= 0.3 is 0 Å². The molecule has 156 valence electrons. The molecule has 1 aliphatic carbocycles. The number of piperazine rings is 1. The zero-order valence-electron chi connectivity index (χ0n) is 16.4. The summed E-state index contributed by atoms with van der Waals surface area (Å²) in [5.41, 5.74) is 2.45. The number of rotatable bonds is 3. The Morgan fingerprint density at radius 3 is 2.23 bits per heavy atom. The van der Waals surface area contributed by atoms with Crippen LogP contribution < -0.4 is 10.6 Å². The van der Waals surface area contributed by atoms with Gasteiger partial charge in [-0.3, -0.25) is 9.59 Å². The van der Waals surface area contributed by atoms with E-state index in [4.69, 9.17) is 11.6 Å². The summed E-state index contributed by atoms with van der Waals surface area (Å²) in [6, 6.07) is 13.2. The van der Waals surface area contributed by atoms with Crippen molar-refractivity contribution in [2.75, 3.05) is 36.8 Å². The van der Waals surface area contributed by atoms with Crippen LogP contribution in [-0.4, -0.2) is 58.5 Å². The fourth-order valence-corrected chi connectivity index (χ4v) is 4.19. The average molecular weight is 427 g/mol. The zero-order chi connectivity index (χ0) is 20.9. The lowest BCUT2D eigenvalue weighted by atomic mass is 10.1. The van der Waals surface area contributed by atoms with Crippen LogP contribution in [-0.2, 0) is 4.79 Å². The van der Waals surface area contributed by atoms with E-state index in [1.807, 2.05) is 42.5 Å². The van der Waals surface area contributed by atoms with Crippen LogP contribution in [0.5, 0.6) is 0 Å². The van der Waals surface area contributed by atoms with Crippen molar-refractivity contribution in [3.05, 3.63) is 58.6 Å². The van der Waals surface area contributed by atoms with Crippen molar-refractivity contribution >= 4 is 34.8 Å². The highest BCUT2D eigenvalue weighted by atomic mass is 35.5. The molecule has 2 aromatic rings. The molecule has 2 amide bonds. The summed E-state index contributed by atoms with van der Waals surface area (Å²) in [5.74, 6) is -0.237. The van der Waals surface area contributed by atoms with Crippen LogP contribution in [0.4, 0.5) is 11.4 Å². The lowest BCUT2D eigenvalue weighted by Crippen LogP contribution is -2.53.